The molecule has 0 saturated heterocycles. The average Bonchev–Trinajstić information content (AvgIpc) is 2.83. The molecule has 2 heterocycles. The third kappa shape index (κ3) is 2.48. The van der Waals surface area contributed by atoms with Gasteiger partial charge in [-0.3, -0.25) is 4.40 Å². The van der Waals surface area contributed by atoms with Crippen molar-refractivity contribution < 1.29 is 0 Å². The molecule has 4 heteroatoms. The number of hydrogen-bond acceptors (Lipinski definition) is 2. The molecule has 0 spiro atoms. The Morgan fingerprint density at radius 2 is 1.95 bits per heavy atom. The minimum Gasteiger partial charge on any atom is -0.295 e. The van der Waals surface area contributed by atoms with Crippen molar-refractivity contribution in [1.29, 1.82) is 0 Å². The van der Waals surface area contributed by atoms with Crippen molar-refractivity contribution >= 4 is 28.9 Å². The summed E-state index contributed by atoms with van der Waals surface area (Å²) in [6.07, 6.45) is 3.92. The van der Waals surface area contributed by atoms with Gasteiger partial charge in [0.25, 0.3) is 0 Å². The second-order valence-corrected chi connectivity index (χ2v) is 6.03. The summed E-state index contributed by atoms with van der Waals surface area (Å²) in [5.41, 5.74) is 2.25. The highest BCUT2D eigenvalue weighted by atomic mass is 35.5. The van der Waals surface area contributed by atoms with Crippen LogP contribution in [0.15, 0.2) is 60.0 Å². The Morgan fingerprint density at radius 1 is 1.16 bits per heavy atom. The van der Waals surface area contributed by atoms with Gasteiger partial charge in [0.1, 0.15) is 0 Å². The van der Waals surface area contributed by atoms with Crippen molar-refractivity contribution in [3.63, 3.8) is 0 Å². The summed E-state index contributed by atoms with van der Waals surface area (Å²) >= 11 is 7.95. The van der Waals surface area contributed by atoms with E-state index in [9.17, 15) is 0 Å². The van der Waals surface area contributed by atoms with Crippen molar-refractivity contribution in [2.45, 2.75) is 17.3 Å². The van der Waals surface area contributed by atoms with Gasteiger partial charge in [0, 0.05) is 16.5 Å². The number of rotatable bonds is 3. The highest BCUT2D eigenvalue weighted by Crippen LogP contribution is 2.37. The zero-order chi connectivity index (χ0) is 13.2. The second kappa shape index (κ2) is 5.27. The van der Waals surface area contributed by atoms with E-state index >= 15 is 0 Å². The minimum atomic E-state index is 0.263. The number of benzene rings is 1. The first kappa shape index (κ1) is 12.6. The molecule has 0 N–H and O–H groups in total. The molecule has 0 radical (unpaired) electrons. The van der Waals surface area contributed by atoms with Crippen LogP contribution in [0.3, 0.4) is 0 Å². The van der Waals surface area contributed by atoms with E-state index in [1.54, 1.807) is 11.8 Å². The smallest absolute Gasteiger partial charge is 0.173 e. The standard InChI is InChI=1S/C15H13ClN2S/c1-11(13-7-2-3-8-14(13)16)19-15-17-10-12-6-4-5-9-18(12)15/h2-11H,1H3. The van der Waals surface area contributed by atoms with Crippen LogP contribution in [0.5, 0.6) is 0 Å². The number of nitrogens with zero attached hydrogens (tertiary/aromatic N) is 2. The first-order chi connectivity index (χ1) is 9.25. The molecule has 0 aliphatic carbocycles. The fraction of sp³-hybridized carbons (Fsp3) is 0.133. The van der Waals surface area contributed by atoms with Crippen molar-refractivity contribution in [3.05, 3.63) is 65.4 Å². The first-order valence-corrected chi connectivity index (χ1v) is 7.34. The molecule has 0 bridgehead atoms. The largest absolute Gasteiger partial charge is 0.295 e. The summed E-state index contributed by atoms with van der Waals surface area (Å²) < 4.78 is 2.10. The van der Waals surface area contributed by atoms with E-state index in [-0.39, 0.29) is 5.25 Å². The van der Waals surface area contributed by atoms with E-state index in [0.29, 0.717) is 0 Å². The van der Waals surface area contributed by atoms with E-state index in [0.717, 1.165) is 21.3 Å². The highest BCUT2D eigenvalue weighted by Gasteiger charge is 2.13. The van der Waals surface area contributed by atoms with Crippen LogP contribution in [0.1, 0.15) is 17.7 Å². The number of fused-ring (bicyclic) bond motifs is 1. The summed E-state index contributed by atoms with van der Waals surface area (Å²) in [4.78, 5) is 4.47. The van der Waals surface area contributed by atoms with Crippen molar-refractivity contribution in [2.24, 2.45) is 0 Å². The molecular weight excluding hydrogens is 276 g/mol. The number of imidazole rings is 1. The number of pyridine rings is 1. The first-order valence-electron chi connectivity index (χ1n) is 6.09. The van der Waals surface area contributed by atoms with Gasteiger partial charge in [-0.05, 0) is 30.7 Å². The van der Waals surface area contributed by atoms with E-state index in [4.69, 9.17) is 11.6 Å². The summed E-state index contributed by atoms with van der Waals surface area (Å²) in [5.74, 6) is 0. The lowest BCUT2D eigenvalue weighted by molar-refractivity contribution is 0.944. The molecule has 96 valence electrons. The average molecular weight is 289 g/mol. The SMILES string of the molecule is CC(Sc1ncc2ccccn12)c1ccccc1Cl. The molecule has 19 heavy (non-hydrogen) atoms. The van der Waals surface area contributed by atoms with Gasteiger partial charge in [-0.25, -0.2) is 4.98 Å². The highest BCUT2D eigenvalue weighted by molar-refractivity contribution is 7.99. The van der Waals surface area contributed by atoms with E-state index in [2.05, 4.69) is 28.4 Å². The predicted molar refractivity (Wildman–Crippen MR) is 80.9 cm³/mol. The molecule has 3 rings (SSSR count). The van der Waals surface area contributed by atoms with Gasteiger partial charge in [-0.1, -0.05) is 47.6 Å². The molecular formula is C15H13ClN2S. The van der Waals surface area contributed by atoms with Crippen LogP contribution in [-0.2, 0) is 0 Å². The summed E-state index contributed by atoms with van der Waals surface area (Å²) in [5, 5.41) is 2.06. The van der Waals surface area contributed by atoms with Crippen LogP contribution in [0.2, 0.25) is 5.02 Å². The Bertz CT molecular complexity index is 708. The molecule has 0 fully saturated rings. The molecule has 1 unspecified atom stereocenters. The summed E-state index contributed by atoms with van der Waals surface area (Å²) in [7, 11) is 0. The summed E-state index contributed by atoms with van der Waals surface area (Å²) in [6, 6.07) is 14.0. The monoisotopic (exact) mass is 288 g/mol. The molecule has 1 atom stereocenters. The van der Waals surface area contributed by atoms with Crippen molar-refractivity contribution in [1.82, 2.24) is 9.38 Å². The maximum Gasteiger partial charge on any atom is 0.173 e. The molecule has 0 saturated carbocycles. The second-order valence-electron chi connectivity index (χ2n) is 4.32. The molecule has 2 aromatic heterocycles. The predicted octanol–water partition coefficient (Wildman–Crippen LogP) is 4.84. The number of aromatic nitrogens is 2. The van der Waals surface area contributed by atoms with Gasteiger partial charge in [-0.15, -0.1) is 0 Å². The maximum absolute atomic E-state index is 6.24. The van der Waals surface area contributed by atoms with Crippen LogP contribution >= 0.6 is 23.4 Å². The fourth-order valence-corrected chi connectivity index (χ4v) is 3.44. The van der Waals surface area contributed by atoms with E-state index in [1.807, 2.05) is 42.7 Å². The zero-order valence-electron chi connectivity index (χ0n) is 10.5. The van der Waals surface area contributed by atoms with Crippen LogP contribution in [0, 0.1) is 0 Å². The Morgan fingerprint density at radius 3 is 2.79 bits per heavy atom. The van der Waals surface area contributed by atoms with Crippen LogP contribution < -0.4 is 0 Å². The van der Waals surface area contributed by atoms with Crippen LogP contribution in [0.4, 0.5) is 0 Å². The number of halogens is 1. The number of hydrogen-bond donors (Lipinski definition) is 0. The van der Waals surface area contributed by atoms with Gasteiger partial charge in [0.2, 0.25) is 0 Å². The fourth-order valence-electron chi connectivity index (χ4n) is 2.03. The third-order valence-electron chi connectivity index (χ3n) is 3.03. The van der Waals surface area contributed by atoms with Gasteiger partial charge < -0.3 is 0 Å². The normalized spacial score (nSPS) is 12.7. The van der Waals surface area contributed by atoms with Crippen molar-refractivity contribution in [2.75, 3.05) is 0 Å². The van der Waals surface area contributed by atoms with Gasteiger partial charge in [-0.2, -0.15) is 0 Å². The third-order valence-corrected chi connectivity index (χ3v) is 4.49. The molecule has 1 aromatic carbocycles. The van der Waals surface area contributed by atoms with Gasteiger partial charge >= 0.3 is 0 Å². The molecule has 0 aliphatic heterocycles. The molecule has 3 aromatic rings. The number of thioether (sulfide) groups is 1. The quantitative estimate of drug-likeness (QED) is 0.642. The van der Waals surface area contributed by atoms with Crippen molar-refractivity contribution in [3.8, 4) is 0 Å². The van der Waals surface area contributed by atoms with E-state index in [1.165, 1.54) is 0 Å². The Labute approximate surface area is 121 Å². The lowest BCUT2D eigenvalue weighted by atomic mass is 10.2. The maximum atomic E-state index is 6.24. The van der Waals surface area contributed by atoms with Crippen LogP contribution in [0.25, 0.3) is 5.52 Å². The lowest BCUT2D eigenvalue weighted by Crippen LogP contribution is -1.93. The van der Waals surface area contributed by atoms with Gasteiger partial charge in [0.15, 0.2) is 5.16 Å². The Balaban J connectivity index is 1.91. The lowest BCUT2D eigenvalue weighted by Gasteiger charge is -2.12. The summed E-state index contributed by atoms with van der Waals surface area (Å²) in [6.45, 7) is 2.15. The molecule has 0 amide bonds. The van der Waals surface area contributed by atoms with E-state index < -0.39 is 0 Å². The topological polar surface area (TPSA) is 17.3 Å². The zero-order valence-corrected chi connectivity index (χ0v) is 12.0. The molecule has 0 aliphatic rings. The van der Waals surface area contributed by atoms with Gasteiger partial charge in [0.05, 0.1) is 11.7 Å². The Kier molecular flexibility index (Phi) is 3.49. The van der Waals surface area contributed by atoms with Crippen LogP contribution in [-0.4, -0.2) is 9.38 Å². The molecule has 2 nitrogen and oxygen atoms in total. The minimum absolute atomic E-state index is 0.263. The Hall–Kier alpha value is -1.45.